The minimum absolute atomic E-state index is 0.266. The Hall–Kier alpha value is -2.49. The fourth-order valence-electron chi connectivity index (χ4n) is 4.63. The van der Waals surface area contributed by atoms with Crippen molar-refractivity contribution in [3.8, 4) is 11.5 Å². The van der Waals surface area contributed by atoms with Gasteiger partial charge < -0.3 is 14.4 Å². The van der Waals surface area contributed by atoms with E-state index in [0.29, 0.717) is 18.9 Å². The molecule has 4 heteroatoms. The number of methoxy groups -OCH3 is 2. The number of hydrogen-bond acceptors (Lipinski definition) is 3. The van der Waals surface area contributed by atoms with Crippen LogP contribution in [0, 0.1) is 0 Å². The van der Waals surface area contributed by atoms with Crippen LogP contribution in [0.5, 0.6) is 11.5 Å². The van der Waals surface area contributed by atoms with Gasteiger partial charge in [0.05, 0.1) is 14.2 Å². The quantitative estimate of drug-likeness (QED) is 0.838. The predicted molar refractivity (Wildman–Crippen MR) is 101 cm³/mol. The summed E-state index contributed by atoms with van der Waals surface area (Å²) in [6.07, 6.45) is 3.41. The summed E-state index contributed by atoms with van der Waals surface area (Å²) in [5.74, 6) is 2.30. The second-order valence-electron chi connectivity index (χ2n) is 7.13. The van der Waals surface area contributed by atoms with Crippen molar-refractivity contribution in [2.75, 3.05) is 14.2 Å². The highest BCUT2D eigenvalue weighted by atomic mass is 16.5. The lowest BCUT2D eigenvalue weighted by Crippen LogP contribution is -2.49. The Bertz CT molecular complexity index is 803. The first-order chi connectivity index (χ1) is 12.7. The molecule has 0 saturated carbocycles. The fourth-order valence-corrected chi connectivity index (χ4v) is 4.63. The zero-order chi connectivity index (χ0) is 18.1. The number of rotatable bonds is 4. The van der Waals surface area contributed by atoms with E-state index in [2.05, 4.69) is 23.1 Å². The van der Waals surface area contributed by atoms with Crippen LogP contribution in [-0.2, 0) is 17.8 Å². The maximum Gasteiger partial charge on any atom is 0.223 e. The molecule has 2 aromatic carbocycles. The third-order valence-electron chi connectivity index (χ3n) is 5.82. The average molecular weight is 351 g/mol. The van der Waals surface area contributed by atoms with Crippen LogP contribution in [0.4, 0.5) is 0 Å². The van der Waals surface area contributed by atoms with Gasteiger partial charge in [0.25, 0.3) is 0 Å². The van der Waals surface area contributed by atoms with E-state index < -0.39 is 0 Å². The normalized spacial score (nSPS) is 21.8. The zero-order valence-corrected chi connectivity index (χ0v) is 15.4. The van der Waals surface area contributed by atoms with Gasteiger partial charge in [-0.3, -0.25) is 4.79 Å². The summed E-state index contributed by atoms with van der Waals surface area (Å²) in [5.41, 5.74) is 3.77. The van der Waals surface area contributed by atoms with Crippen LogP contribution in [0.25, 0.3) is 0 Å². The van der Waals surface area contributed by atoms with Gasteiger partial charge in [-0.25, -0.2) is 0 Å². The van der Waals surface area contributed by atoms with Gasteiger partial charge in [-0.1, -0.05) is 36.4 Å². The van der Waals surface area contributed by atoms with Crippen LogP contribution in [0.1, 0.15) is 41.9 Å². The molecule has 0 spiro atoms. The third kappa shape index (κ3) is 2.83. The van der Waals surface area contributed by atoms with Crippen LogP contribution in [0.15, 0.2) is 42.5 Å². The maximum absolute atomic E-state index is 12.7. The van der Waals surface area contributed by atoms with Crippen molar-refractivity contribution in [3.63, 3.8) is 0 Å². The SMILES string of the molecule is COc1ccc2c(c1OC)CC[C@@H]1[C@@H]2CCC(=O)N1Cc1ccccc1. The van der Waals surface area contributed by atoms with E-state index in [1.54, 1.807) is 14.2 Å². The summed E-state index contributed by atoms with van der Waals surface area (Å²) in [7, 11) is 3.38. The molecule has 26 heavy (non-hydrogen) atoms. The molecule has 136 valence electrons. The predicted octanol–water partition coefficient (Wildman–Crippen LogP) is 3.92. The topological polar surface area (TPSA) is 38.8 Å². The van der Waals surface area contributed by atoms with E-state index in [1.807, 2.05) is 24.3 Å². The van der Waals surface area contributed by atoms with Gasteiger partial charge in [0.15, 0.2) is 11.5 Å². The number of piperidine rings is 1. The van der Waals surface area contributed by atoms with Crippen LogP contribution in [-0.4, -0.2) is 31.1 Å². The Morgan fingerprint density at radius 3 is 2.54 bits per heavy atom. The van der Waals surface area contributed by atoms with Crippen LogP contribution < -0.4 is 9.47 Å². The number of amides is 1. The second-order valence-corrected chi connectivity index (χ2v) is 7.13. The third-order valence-corrected chi connectivity index (χ3v) is 5.82. The van der Waals surface area contributed by atoms with Crippen molar-refractivity contribution in [2.24, 2.45) is 0 Å². The first kappa shape index (κ1) is 17.0. The summed E-state index contributed by atoms with van der Waals surface area (Å²) in [6.45, 7) is 0.698. The molecule has 4 nitrogen and oxygen atoms in total. The number of likely N-dealkylation sites (tertiary alicyclic amines) is 1. The second kappa shape index (κ2) is 7.02. The van der Waals surface area contributed by atoms with Crippen molar-refractivity contribution in [1.82, 2.24) is 4.90 Å². The van der Waals surface area contributed by atoms with Gasteiger partial charge in [0.2, 0.25) is 5.91 Å². The minimum Gasteiger partial charge on any atom is -0.493 e. The molecule has 2 aliphatic rings. The highest BCUT2D eigenvalue weighted by Gasteiger charge is 2.40. The van der Waals surface area contributed by atoms with Crippen LogP contribution in [0.3, 0.4) is 0 Å². The van der Waals surface area contributed by atoms with E-state index in [-0.39, 0.29) is 11.9 Å². The highest BCUT2D eigenvalue weighted by Crippen LogP contribution is 2.46. The van der Waals surface area contributed by atoms with Gasteiger partial charge in [0, 0.05) is 30.5 Å². The molecule has 1 heterocycles. The van der Waals surface area contributed by atoms with Crippen LogP contribution >= 0.6 is 0 Å². The van der Waals surface area contributed by atoms with Gasteiger partial charge in [-0.05, 0) is 36.5 Å². The van der Waals surface area contributed by atoms with Crippen molar-refractivity contribution < 1.29 is 14.3 Å². The van der Waals surface area contributed by atoms with Gasteiger partial charge in [-0.15, -0.1) is 0 Å². The van der Waals surface area contributed by atoms with E-state index in [0.717, 1.165) is 30.8 Å². The molecule has 2 atom stereocenters. The summed E-state index contributed by atoms with van der Waals surface area (Å²) >= 11 is 0. The molecule has 1 aliphatic heterocycles. The number of benzene rings is 2. The Morgan fingerprint density at radius 1 is 1.00 bits per heavy atom. The molecule has 0 aromatic heterocycles. The van der Waals surface area contributed by atoms with E-state index in [9.17, 15) is 4.79 Å². The van der Waals surface area contributed by atoms with Crippen molar-refractivity contribution in [3.05, 3.63) is 59.2 Å². The molecule has 0 unspecified atom stereocenters. The molecule has 0 N–H and O–H groups in total. The standard InChI is InChI=1S/C22H25NO3/c1-25-20-12-9-16-17-10-13-21(24)23(14-15-6-4-3-5-7-15)19(17)11-8-18(16)22(20)26-2/h3-7,9,12,17,19H,8,10-11,13-14H2,1-2H3/t17-,19-/m1/s1. The average Bonchev–Trinajstić information content (AvgIpc) is 2.69. The number of carbonyl (C=O) groups excluding carboxylic acids is 1. The lowest BCUT2D eigenvalue weighted by Gasteiger charge is -2.45. The first-order valence-electron chi connectivity index (χ1n) is 9.30. The molecule has 1 amide bonds. The molecular weight excluding hydrogens is 326 g/mol. The zero-order valence-electron chi connectivity index (χ0n) is 15.4. The van der Waals surface area contributed by atoms with Gasteiger partial charge in [0.1, 0.15) is 0 Å². The Morgan fingerprint density at radius 2 is 1.81 bits per heavy atom. The number of fused-ring (bicyclic) bond motifs is 3. The van der Waals surface area contributed by atoms with Gasteiger partial charge >= 0.3 is 0 Å². The number of ether oxygens (including phenoxy) is 2. The Balaban J connectivity index is 1.67. The lowest BCUT2D eigenvalue weighted by molar-refractivity contribution is -0.138. The molecule has 0 bridgehead atoms. The number of nitrogens with zero attached hydrogens (tertiary/aromatic N) is 1. The summed E-state index contributed by atoms with van der Waals surface area (Å²) in [4.78, 5) is 14.8. The Labute approximate surface area is 154 Å². The summed E-state index contributed by atoms with van der Waals surface area (Å²) in [6, 6.07) is 14.7. The van der Waals surface area contributed by atoms with Crippen molar-refractivity contribution in [2.45, 2.75) is 44.2 Å². The molecule has 1 aliphatic carbocycles. The molecule has 1 fully saturated rings. The monoisotopic (exact) mass is 351 g/mol. The first-order valence-corrected chi connectivity index (χ1v) is 9.30. The van der Waals surface area contributed by atoms with Gasteiger partial charge in [-0.2, -0.15) is 0 Å². The van der Waals surface area contributed by atoms with Crippen LogP contribution in [0.2, 0.25) is 0 Å². The molecule has 1 saturated heterocycles. The summed E-state index contributed by atoms with van der Waals surface area (Å²) < 4.78 is 11.1. The van der Waals surface area contributed by atoms with E-state index in [4.69, 9.17) is 9.47 Å². The smallest absolute Gasteiger partial charge is 0.223 e. The molecule has 4 rings (SSSR count). The van der Waals surface area contributed by atoms with E-state index >= 15 is 0 Å². The largest absolute Gasteiger partial charge is 0.493 e. The molecular formula is C22H25NO3. The minimum atomic E-state index is 0.266. The van der Waals surface area contributed by atoms with Crippen molar-refractivity contribution >= 4 is 5.91 Å². The number of hydrogen-bond donors (Lipinski definition) is 0. The Kier molecular flexibility index (Phi) is 4.58. The maximum atomic E-state index is 12.7. The summed E-state index contributed by atoms with van der Waals surface area (Å²) in [5, 5.41) is 0. The number of carbonyl (C=O) groups is 1. The molecule has 2 aromatic rings. The highest BCUT2D eigenvalue weighted by molar-refractivity contribution is 5.78. The lowest BCUT2D eigenvalue weighted by atomic mass is 9.73. The van der Waals surface area contributed by atoms with E-state index in [1.165, 1.54) is 16.7 Å². The molecule has 0 radical (unpaired) electrons. The fraction of sp³-hybridized carbons (Fsp3) is 0.409. The van der Waals surface area contributed by atoms with Crippen molar-refractivity contribution in [1.29, 1.82) is 0 Å².